The predicted molar refractivity (Wildman–Crippen MR) is 153 cm³/mol. The van der Waals surface area contributed by atoms with E-state index in [9.17, 15) is 14.4 Å². The van der Waals surface area contributed by atoms with Crippen LogP contribution in [0.3, 0.4) is 0 Å². The third-order valence-corrected chi connectivity index (χ3v) is 7.80. The summed E-state index contributed by atoms with van der Waals surface area (Å²) in [6.45, 7) is 0.842. The molecule has 0 bridgehead atoms. The fourth-order valence-electron chi connectivity index (χ4n) is 5.64. The van der Waals surface area contributed by atoms with Crippen molar-refractivity contribution in [2.45, 2.75) is 25.0 Å². The van der Waals surface area contributed by atoms with Crippen molar-refractivity contribution in [2.75, 3.05) is 33.7 Å². The number of rotatable bonds is 8. The van der Waals surface area contributed by atoms with Crippen LogP contribution < -0.4 is 10.6 Å². The maximum Gasteiger partial charge on any atom is 0.327 e. The number of imide groups is 1. The molecule has 6 rings (SSSR count). The van der Waals surface area contributed by atoms with E-state index in [-0.39, 0.29) is 18.4 Å². The van der Waals surface area contributed by atoms with Crippen molar-refractivity contribution in [3.63, 3.8) is 0 Å². The van der Waals surface area contributed by atoms with E-state index < -0.39 is 18.2 Å². The Kier molecular flexibility index (Phi) is 6.63. The maximum atomic E-state index is 13.2. The fraction of sp³-hybridized carbons (Fsp3) is 0.310. The molecule has 0 radical (unpaired) electrons. The van der Waals surface area contributed by atoms with Crippen LogP contribution in [-0.2, 0) is 22.4 Å². The minimum Gasteiger partial charge on any atom is -0.361 e. The van der Waals surface area contributed by atoms with Gasteiger partial charge >= 0.3 is 6.03 Å². The monoisotopic (exact) mass is 540 g/mol. The van der Waals surface area contributed by atoms with Crippen LogP contribution in [0.2, 0.25) is 0 Å². The summed E-state index contributed by atoms with van der Waals surface area (Å²) in [5, 5.41) is 8.50. The second-order valence-corrected chi connectivity index (χ2v) is 10.2. The summed E-state index contributed by atoms with van der Waals surface area (Å²) in [6, 6.07) is 15.0. The molecule has 2 aromatic heterocycles. The van der Waals surface area contributed by atoms with Crippen LogP contribution in [0.15, 0.2) is 65.9 Å². The van der Waals surface area contributed by atoms with Gasteiger partial charge in [0.25, 0.3) is 5.91 Å². The number of urea groups is 1. The summed E-state index contributed by atoms with van der Waals surface area (Å²) < 4.78 is 0. The average molecular weight is 541 g/mol. The molecule has 0 saturated carbocycles. The van der Waals surface area contributed by atoms with E-state index in [0.717, 1.165) is 37.8 Å². The number of aromatic amines is 2. The molecule has 11 nitrogen and oxygen atoms in total. The number of para-hydroxylation sites is 2. The van der Waals surface area contributed by atoms with E-state index in [4.69, 9.17) is 4.99 Å². The van der Waals surface area contributed by atoms with Crippen molar-refractivity contribution in [1.82, 2.24) is 35.3 Å². The number of aliphatic imine (C=N–C) groups is 1. The number of nitrogens with one attached hydrogen (secondary N) is 4. The van der Waals surface area contributed by atoms with E-state index in [1.807, 2.05) is 48.8 Å². The fourth-order valence-corrected chi connectivity index (χ4v) is 5.64. The van der Waals surface area contributed by atoms with E-state index >= 15 is 0 Å². The zero-order valence-electron chi connectivity index (χ0n) is 22.5. The Morgan fingerprint density at radius 1 is 0.925 bits per heavy atom. The molecule has 2 saturated heterocycles. The Balaban J connectivity index is 1.16. The van der Waals surface area contributed by atoms with Crippen LogP contribution in [0.4, 0.5) is 4.79 Å². The number of H-pyrrole nitrogens is 2. The van der Waals surface area contributed by atoms with Gasteiger partial charge in [0.1, 0.15) is 12.7 Å². The lowest BCUT2D eigenvalue weighted by Crippen LogP contribution is -2.65. The van der Waals surface area contributed by atoms with Crippen LogP contribution in [0, 0.1) is 0 Å². The first kappa shape index (κ1) is 25.5. The first-order valence-electron chi connectivity index (χ1n) is 13.4. The smallest absolute Gasteiger partial charge is 0.327 e. The molecule has 2 aromatic carbocycles. The lowest BCUT2D eigenvalue weighted by molar-refractivity contribution is -0.136. The second-order valence-electron chi connectivity index (χ2n) is 10.2. The van der Waals surface area contributed by atoms with Gasteiger partial charge < -0.3 is 30.4 Å². The Hall–Kier alpha value is -4.80. The summed E-state index contributed by atoms with van der Waals surface area (Å²) >= 11 is 0. The number of guanidine groups is 1. The van der Waals surface area contributed by atoms with Crippen LogP contribution in [0.1, 0.15) is 11.1 Å². The lowest BCUT2D eigenvalue weighted by atomic mass is 10.1. The first-order valence-corrected chi connectivity index (χ1v) is 13.4. The van der Waals surface area contributed by atoms with Gasteiger partial charge in [0.05, 0.1) is 0 Å². The highest BCUT2D eigenvalue weighted by Gasteiger charge is 2.52. The van der Waals surface area contributed by atoms with Crippen LogP contribution >= 0.6 is 0 Å². The Morgan fingerprint density at radius 2 is 1.55 bits per heavy atom. The van der Waals surface area contributed by atoms with Crippen LogP contribution in [0.25, 0.3) is 21.8 Å². The van der Waals surface area contributed by atoms with Gasteiger partial charge in [-0.1, -0.05) is 36.4 Å². The third kappa shape index (κ3) is 4.53. The van der Waals surface area contributed by atoms with Gasteiger partial charge in [0, 0.05) is 61.4 Å². The summed E-state index contributed by atoms with van der Waals surface area (Å²) in [5.74, 6) is -0.152. The molecule has 0 aliphatic carbocycles. The van der Waals surface area contributed by atoms with Gasteiger partial charge in [-0.15, -0.1) is 0 Å². The molecule has 4 heterocycles. The number of nitrogens with zero attached hydrogens (tertiary/aromatic N) is 4. The van der Waals surface area contributed by atoms with Crippen molar-refractivity contribution in [1.29, 1.82) is 0 Å². The topological polar surface area (TPSA) is 129 Å². The van der Waals surface area contributed by atoms with Crippen LogP contribution in [-0.4, -0.2) is 94.4 Å². The quantitative estimate of drug-likeness (QED) is 0.272. The van der Waals surface area contributed by atoms with Crippen molar-refractivity contribution in [2.24, 2.45) is 4.99 Å². The molecule has 2 atom stereocenters. The molecule has 206 valence electrons. The molecule has 2 unspecified atom stereocenters. The maximum absolute atomic E-state index is 13.2. The summed E-state index contributed by atoms with van der Waals surface area (Å²) in [5.41, 5.74) is 4.39. The number of carbonyl (C=O) groups excluding carboxylic acids is 3. The van der Waals surface area contributed by atoms with Gasteiger partial charge in [-0.3, -0.25) is 19.5 Å². The second kappa shape index (κ2) is 10.4. The molecule has 40 heavy (non-hydrogen) atoms. The van der Waals surface area contributed by atoms with Crippen molar-refractivity contribution < 1.29 is 14.4 Å². The molecule has 11 heteroatoms. The average Bonchev–Trinajstić information content (AvgIpc) is 3.67. The molecule has 2 fully saturated rings. The number of fused-ring (bicyclic) bond motifs is 3. The molecule has 2 aliphatic rings. The molecule has 0 spiro atoms. The van der Waals surface area contributed by atoms with Gasteiger partial charge in [0.15, 0.2) is 12.0 Å². The highest BCUT2D eigenvalue weighted by atomic mass is 16.2. The van der Waals surface area contributed by atoms with E-state index in [0.29, 0.717) is 31.9 Å². The first-order chi connectivity index (χ1) is 19.4. The van der Waals surface area contributed by atoms with E-state index in [1.54, 1.807) is 11.9 Å². The van der Waals surface area contributed by atoms with Crippen LogP contribution in [0.5, 0.6) is 0 Å². The molecular formula is C29H32N8O3. The number of hydrogen-bond acceptors (Lipinski definition) is 4. The van der Waals surface area contributed by atoms with Gasteiger partial charge in [-0.25, -0.2) is 4.79 Å². The molecular weight excluding hydrogens is 508 g/mol. The molecule has 4 amide bonds. The Morgan fingerprint density at radius 3 is 2.23 bits per heavy atom. The predicted octanol–water partition coefficient (Wildman–Crippen LogP) is 2.03. The van der Waals surface area contributed by atoms with E-state index in [2.05, 4.69) is 32.7 Å². The zero-order chi connectivity index (χ0) is 27.8. The zero-order valence-corrected chi connectivity index (χ0v) is 22.5. The SMILES string of the molecule is CN1C(=O)C2C(NC(=NCCc3c[nH]c4ccccc34)N2CC(=O)NCCc2c[nH]c3ccccc23)N(C)C1=O. The number of amides is 4. The minimum absolute atomic E-state index is 0.0599. The number of benzene rings is 2. The molecule has 4 N–H and O–H groups in total. The highest BCUT2D eigenvalue weighted by molar-refractivity contribution is 6.05. The molecule has 4 aromatic rings. The van der Waals surface area contributed by atoms with Crippen molar-refractivity contribution >= 4 is 45.6 Å². The minimum atomic E-state index is -0.751. The van der Waals surface area contributed by atoms with Crippen molar-refractivity contribution in [3.05, 3.63) is 72.1 Å². The largest absolute Gasteiger partial charge is 0.361 e. The number of carbonyl (C=O) groups is 3. The van der Waals surface area contributed by atoms with E-state index in [1.165, 1.54) is 11.9 Å². The number of likely N-dealkylation sites (N-methyl/N-ethyl adjacent to an activating group) is 2. The Labute approximate surface area is 231 Å². The lowest BCUT2D eigenvalue weighted by Gasteiger charge is -2.39. The van der Waals surface area contributed by atoms with Gasteiger partial charge in [-0.2, -0.15) is 0 Å². The highest BCUT2D eigenvalue weighted by Crippen LogP contribution is 2.24. The number of aromatic nitrogens is 2. The van der Waals surface area contributed by atoms with Gasteiger partial charge in [-0.05, 0) is 36.1 Å². The van der Waals surface area contributed by atoms with Crippen molar-refractivity contribution in [3.8, 4) is 0 Å². The molecule has 2 aliphatic heterocycles. The normalized spacial score (nSPS) is 20.1. The standard InChI is InChI=1S/C29H32N8O3/c1-35-26-25(27(39)36(2)29(35)40)37(17-24(38)30-13-11-18-15-32-22-9-5-3-7-20(18)22)28(34-26)31-14-12-19-16-33-23-10-6-4-8-21(19)23/h3-10,15-16,25-26,32-33H,11-14,17H2,1-2H3,(H,30,38)(H,31,34). The summed E-state index contributed by atoms with van der Waals surface area (Å²) in [4.78, 5) is 54.5. The summed E-state index contributed by atoms with van der Waals surface area (Å²) in [6.07, 6.45) is 4.69. The number of hydrogen-bond donors (Lipinski definition) is 4. The third-order valence-electron chi connectivity index (χ3n) is 7.80. The summed E-state index contributed by atoms with van der Waals surface area (Å²) in [7, 11) is 3.10. The van der Waals surface area contributed by atoms with Gasteiger partial charge in [0.2, 0.25) is 5.91 Å². The Bertz CT molecular complexity index is 1620.